The Hall–Kier alpha value is 0.0600. The molecule has 0 amide bonds. The fraction of sp³-hybridized carbons (Fsp3) is 0.200. The molecule has 1 heterocycles. The number of thiophene rings is 1. The monoisotopic (exact) mass is 336 g/mol. The first-order chi connectivity index (χ1) is 6.72. The van der Waals surface area contributed by atoms with Crippen LogP contribution >= 0.6 is 46.6 Å². The quantitative estimate of drug-likeness (QED) is 0.639. The molecule has 0 saturated carbocycles. The maximum absolute atomic E-state index is 5.48. The maximum Gasteiger partial charge on any atom is 0.174 e. The van der Waals surface area contributed by atoms with Crippen molar-refractivity contribution in [3.05, 3.63) is 21.8 Å². The van der Waals surface area contributed by atoms with E-state index in [-0.39, 0.29) is 0 Å². The second-order valence-electron chi connectivity index (χ2n) is 2.81. The minimum atomic E-state index is 0.719. The van der Waals surface area contributed by atoms with Crippen LogP contribution in [-0.2, 0) is 0 Å². The maximum atomic E-state index is 5.48. The molecule has 4 heteroatoms. The summed E-state index contributed by atoms with van der Waals surface area (Å²) in [4.78, 5) is 1.03. The number of fused-ring (bicyclic) bond motifs is 1. The molecule has 0 N–H and O–H groups in total. The highest BCUT2D eigenvalue weighted by Gasteiger charge is 2.07. The zero-order chi connectivity index (χ0) is 10.1. The molecule has 0 fully saturated rings. The van der Waals surface area contributed by atoms with E-state index in [1.54, 1.807) is 11.3 Å². The first-order valence-corrected chi connectivity index (χ1v) is 6.60. The molecule has 2 aromatic rings. The van der Waals surface area contributed by atoms with Gasteiger partial charge in [0.25, 0.3) is 0 Å². The van der Waals surface area contributed by atoms with Gasteiger partial charge >= 0.3 is 0 Å². The van der Waals surface area contributed by atoms with Gasteiger partial charge in [0.1, 0.15) is 0 Å². The Labute approximate surface area is 106 Å². The largest absolute Gasteiger partial charge is 0.484 e. The van der Waals surface area contributed by atoms with E-state index in [4.69, 9.17) is 4.74 Å². The van der Waals surface area contributed by atoms with Gasteiger partial charge < -0.3 is 4.74 Å². The number of hydrogen-bond donors (Lipinski definition) is 1. The Morgan fingerprint density at radius 2 is 2.29 bits per heavy atom. The van der Waals surface area contributed by atoms with Crippen LogP contribution < -0.4 is 4.74 Å². The lowest BCUT2D eigenvalue weighted by Gasteiger charge is -1.96. The lowest BCUT2D eigenvalue weighted by molar-refractivity contribution is 0.350. The molecule has 0 aliphatic rings. The SMILES string of the molecule is CCOc1cc2c(I)c(S)ccc2s1. The van der Waals surface area contributed by atoms with Gasteiger partial charge in [0.15, 0.2) is 5.06 Å². The van der Waals surface area contributed by atoms with Crippen LogP contribution in [0.3, 0.4) is 0 Å². The molecule has 0 bridgehead atoms. The van der Waals surface area contributed by atoms with E-state index in [1.165, 1.54) is 13.7 Å². The Morgan fingerprint density at radius 3 is 3.00 bits per heavy atom. The van der Waals surface area contributed by atoms with Gasteiger partial charge in [-0.25, -0.2) is 0 Å². The van der Waals surface area contributed by atoms with Gasteiger partial charge in [0.2, 0.25) is 0 Å². The lowest BCUT2D eigenvalue weighted by atomic mass is 10.3. The van der Waals surface area contributed by atoms with Crippen LogP contribution in [0.4, 0.5) is 0 Å². The molecular weight excluding hydrogens is 327 g/mol. The summed E-state index contributed by atoms with van der Waals surface area (Å²) in [7, 11) is 0. The van der Waals surface area contributed by atoms with Crippen molar-refractivity contribution >= 4 is 56.6 Å². The van der Waals surface area contributed by atoms with E-state index in [0.29, 0.717) is 0 Å². The predicted molar refractivity (Wildman–Crippen MR) is 73.0 cm³/mol. The van der Waals surface area contributed by atoms with E-state index in [9.17, 15) is 0 Å². The van der Waals surface area contributed by atoms with Gasteiger partial charge in [-0.3, -0.25) is 0 Å². The van der Waals surface area contributed by atoms with E-state index in [1.807, 2.05) is 13.0 Å². The molecule has 1 aromatic heterocycles. The molecule has 0 saturated heterocycles. The van der Waals surface area contributed by atoms with Crippen molar-refractivity contribution in [1.82, 2.24) is 0 Å². The van der Waals surface area contributed by atoms with Crippen molar-refractivity contribution in [3.8, 4) is 5.06 Å². The highest BCUT2D eigenvalue weighted by atomic mass is 127. The van der Waals surface area contributed by atoms with Crippen LogP contribution in [0.5, 0.6) is 5.06 Å². The van der Waals surface area contributed by atoms with E-state index >= 15 is 0 Å². The van der Waals surface area contributed by atoms with Crippen LogP contribution in [-0.4, -0.2) is 6.61 Å². The predicted octanol–water partition coefficient (Wildman–Crippen LogP) is 4.19. The van der Waals surface area contributed by atoms with Crippen molar-refractivity contribution in [2.24, 2.45) is 0 Å². The van der Waals surface area contributed by atoms with E-state index in [0.717, 1.165) is 16.6 Å². The average molecular weight is 336 g/mol. The van der Waals surface area contributed by atoms with Crippen molar-refractivity contribution < 1.29 is 4.74 Å². The van der Waals surface area contributed by atoms with Crippen LogP contribution in [0, 0.1) is 3.57 Å². The first-order valence-electron chi connectivity index (χ1n) is 4.26. The second kappa shape index (κ2) is 4.28. The summed E-state index contributed by atoms with van der Waals surface area (Å²) in [6, 6.07) is 6.21. The van der Waals surface area contributed by atoms with Gasteiger partial charge in [-0.15, -0.1) is 12.6 Å². The Morgan fingerprint density at radius 1 is 1.50 bits per heavy atom. The van der Waals surface area contributed by atoms with Crippen LogP contribution in [0.25, 0.3) is 10.1 Å². The molecule has 0 atom stereocenters. The van der Waals surface area contributed by atoms with Gasteiger partial charge in [-0.2, -0.15) is 0 Å². The van der Waals surface area contributed by atoms with Gasteiger partial charge in [-0.05, 0) is 41.6 Å². The summed E-state index contributed by atoms with van der Waals surface area (Å²) in [5.74, 6) is 0. The summed E-state index contributed by atoms with van der Waals surface area (Å²) >= 11 is 8.39. The highest BCUT2D eigenvalue weighted by Crippen LogP contribution is 2.36. The molecule has 1 nitrogen and oxygen atoms in total. The van der Waals surface area contributed by atoms with Crippen LogP contribution in [0.2, 0.25) is 0 Å². The zero-order valence-electron chi connectivity index (χ0n) is 7.58. The smallest absolute Gasteiger partial charge is 0.174 e. The molecule has 0 spiro atoms. The molecule has 0 unspecified atom stereocenters. The van der Waals surface area contributed by atoms with Gasteiger partial charge in [0, 0.05) is 24.6 Å². The minimum absolute atomic E-state index is 0.719. The van der Waals surface area contributed by atoms with Crippen LogP contribution in [0.15, 0.2) is 23.1 Å². The third-order valence-corrected chi connectivity index (χ3v) is 4.85. The summed E-state index contributed by atoms with van der Waals surface area (Å²) in [6.45, 7) is 2.72. The summed E-state index contributed by atoms with van der Waals surface area (Å²) < 4.78 is 7.94. The summed E-state index contributed by atoms with van der Waals surface area (Å²) in [6.07, 6.45) is 0. The van der Waals surface area contributed by atoms with Crippen molar-refractivity contribution in [1.29, 1.82) is 0 Å². The minimum Gasteiger partial charge on any atom is -0.484 e. The fourth-order valence-corrected chi connectivity index (χ4v) is 3.24. The van der Waals surface area contributed by atoms with Crippen molar-refractivity contribution in [2.75, 3.05) is 6.61 Å². The Kier molecular flexibility index (Phi) is 3.23. The highest BCUT2D eigenvalue weighted by molar-refractivity contribution is 14.1. The van der Waals surface area contributed by atoms with Crippen molar-refractivity contribution in [2.45, 2.75) is 11.8 Å². The third kappa shape index (κ3) is 1.87. The second-order valence-corrected chi connectivity index (χ2v) is 5.42. The average Bonchev–Trinajstić information content (AvgIpc) is 2.56. The normalized spacial score (nSPS) is 10.8. The fourth-order valence-electron chi connectivity index (χ4n) is 1.26. The van der Waals surface area contributed by atoms with Crippen LogP contribution in [0.1, 0.15) is 6.92 Å². The zero-order valence-corrected chi connectivity index (χ0v) is 11.4. The molecule has 74 valence electrons. The standard InChI is InChI=1S/C10H9IOS2/c1-2-12-9-5-6-8(14-9)4-3-7(13)10(6)11/h3-5,13H,2H2,1H3. The molecular formula is C10H9IOS2. The molecule has 0 aliphatic heterocycles. The number of halogens is 1. The number of thiol groups is 1. The summed E-state index contributed by atoms with van der Waals surface area (Å²) in [5, 5.41) is 2.23. The van der Waals surface area contributed by atoms with E-state index < -0.39 is 0 Å². The van der Waals surface area contributed by atoms with E-state index in [2.05, 4.69) is 47.4 Å². The topological polar surface area (TPSA) is 9.23 Å². The number of ether oxygens (including phenoxy) is 1. The number of hydrogen-bond acceptors (Lipinski definition) is 3. The Bertz CT molecular complexity index is 464. The summed E-state index contributed by atoms with van der Waals surface area (Å²) in [5.41, 5.74) is 0. The number of rotatable bonds is 2. The number of benzene rings is 1. The Balaban J connectivity index is 2.59. The molecule has 14 heavy (non-hydrogen) atoms. The molecule has 1 aromatic carbocycles. The van der Waals surface area contributed by atoms with Gasteiger partial charge in [-0.1, -0.05) is 11.3 Å². The van der Waals surface area contributed by atoms with Crippen molar-refractivity contribution in [3.63, 3.8) is 0 Å². The van der Waals surface area contributed by atoms with Gasteiger partial charge in [0.05, 0.1) is 6.61 Å². The first kappa shape index (κ1) is 10.6. The third-order valence-electron chi connectivity index (χ3n) is 1.88. The molecule has 2 rings (SSSR count). The molecule has 0 radical (unpaired) electrons. The molecule has 0 aliphatic carbocycles. The lowest BCUT2D eigenvalue weighted by Crippen LogP contribution is -1.86.